The average Bonchev–Trinajstić information content (AvgIpc) is 2.32. The summed E-state index contributed by atoms with van der Waals surface area (Å²) < 4.78 is 0. The molecule has 1 aliphatic heterocycles. The van der Waals surface area contributed by atoms with E-state index in [1.54, 1.807) is 0 Å². The Morgan fingerprint density at radius 2 is 1.61 bits per heavy atom. The molecule has 0 aliphatic carbocycles. The van der Waals surface area contributed by atoms with Gasteiger partial charge in [0.25, 0.3) is 0 Å². The Hall–Kier alpha value is -0.820. The van der Waals surface area contributed by atoms with Crippen molar-refractivity contribution in [2.24, 2.45) is 5.92 Å². The van der Waals surface area contributed by atoms with Crippen molar-refractivity contribution in [3.8, 4) is 0 Å². The SMILES string of the molecule is CC1CCN(Cc2ccc(C(C)(C)C)cc2)CC1. The van der Waals surface area contributed by atoms with Gasteiger partial charge in [-0.15, -0.1) is 0 Å². The zero-order valence-corrected chi connectivity index (χ0v) is 12.4. The third-order valence-electron chi connectivity index (χ3n) is 4.10. The normalized spacial score (nSPS) is 19.1. The second kappa shape index (κ2) is 5.44. The van der Waals surface area contributed by atoms with E-state index in [1.165, 1.54) is 37.1 Å². The highest BCUT2D eigenvalue weighted by atomic mass is 15.1. The van der Waals surface area contributed by atoms with Crippen LogP contribution in [0.1, 0.15) is 51.7 Å². The fraction of sp³-hybridized carbons (Fsp3) is 0.647. The molecule has 1 heterocycles. The van der Waals surface area contributed by atoms with Crippen LogP contribution in [0.3, 0.4) is 0 Å². The molecule has 0 bridgehead atoms. The monoisotopic (exact) mass is 245 g/mol. The Morgan fingerprint density at radius 3 is 2.11 bits per heavy atom. The van der Waals surface area contributed by atoms with Gasteiger partial charge in [-0.05, 0) is 48.4 Å². The van der Waals surface area contributed by atoms with E-state index in [0.717, 1.165) is 12.5 Å². The molecule has 1 saturated heterocycles. The van der Waals surface area contributed by atoms with Crippen LogP contribution in [0.25, 0.3) is 0 Å². The van der Waals surface area contributed by atoms with E-state index in [-0.39, 0.29) is 5.41 Å². The number of likely N-dealkylation sites (tertiary alicyclic amines) is 1. The fourth-order valence-electron chi connectivity index (χ4n) is 2.59. The van der Waals surface area contributed by atoms with Gasteiger partial charge in [-0.25, -0.2) is 0 Å². The lowest BCUT2D eigenvalue weighted by molar-refractivity contribution is 0.185. The Kier molecular flexibility index (Phi) is 4.11. The Bertz CT molecular complexity index is 364. The first kappa shape index (κ1) is 13.6. The summed E-state index contributed by atoms with van der Waals surface area (Å²) in [6.45, 7) is 12.8. The van der Waals surface area contributed by atoms with Gasteiger partial charge in [-0.2, -0.15) is 0 Å². The number of hydrogen-bond donors (Lipinski definition) is 0. The van der Waals surface area contributed by atoms with Gasteiger partial charge in [-0.1, -0.05) is 52.0 Å². The van der Waals surface area contributed by atoms with Crippen LogP contribution in [0.4, 0.5) is 0 Å². The summed E-state index contributed by atoms with van der Waals surface area (Å²) in [5, 5.41) is 0. The third-order valence-corrected chi connectivity index (χ3v) is 4.10. The van der Waals surface area contributed by atoms with Crippen LogP contribution >= 0.6 is 0 Å². The topological polar surface area (TPSA) is 3.24 Å². The number of piperidine rings is 1. The van der Waals surface area contributed by atoms with E-state index in [2.05, 4.69) is 56.9 Å². The first-order chi connectivity index (χ1) is 8.45. The molecule has 0 aromatic heterocycles. The average molecular weight is 245 g/mol. The van der Waals surface area contributed by atoms with Crippen LogP contribution in [0.2, 0.25) is 0 Å². The van der Waals surface area contributed by atoms with Crippen molar-refractivity contribution in [1.82, 2.24) is 4.90 Å². The lowest BCUT2D eigenvalue weighted by atomic mass is 9.86. The molecule has 100 valence electrons. The van der Waals surface area contributed by atoms with E-state index in [9.17, 15) is 0 Å². The van der Waals surface area contributed by atoms with Crippen molar-refractivity contribution < 1.29 is 0 Å². The molecule has 0 spiro atoms. The quantitative estimate of drug-likeness (QED) is 0.754. The maximum Gasteiger partial charge on any atom is 0.0233 e. The maximum atomic E-state index is 2.59. The summed E-state index contributed by atoms with van der Waals surface area (Å²) in [5.74, 6) is 0.921. The molecule has 1 fully saturated rings. The van der Waals surface area contributed by atoms with Crippen LogP contribution in [-0.4, -0.2) is 18.0 Å². The standard InChI is InChI=1S/C17H27N/c1-14-9-11-18(12-10-14)13-15-5-7-16(8-6-15)17(2,3)4/h5-8,14H,9-13H2,1-4H3. The molecule has 1 aliphatic rings. The lowest BCUT2D eigenvalue weighted by Crippen LogP contribution is -2.32. The Balaban J connectivity index is 1.94. The first-order valence-corrected chi connectivity index (χ1v) is 7.27. The minimum atomic E-state index is 0.263. The summed E-state index contributed by atoms with van der Waals surface area (Å²) in [4.78, 5) is 2.59. The molecule has 1 aromatic rings. The smallest absolute Gasteiger partial charge is 0.0233 e. The molecule has 2 rings (SSSR count). The van der Waals surface area contributed by atoms with Crippen LogP contribution in [0.5, 0.6) is 0 Å². The van der Waals surface area contributed by atoms with Crippen molar-refractivity contribution in [3.05, 3.63) is 35.4 Å². The molecule has 1 nitrogen and oxygen atoms in total. The van der Waals surface area contributed by atoms with Crippen molar-refractivity contribution in [1.29, 1.82) is 0 Å². The first-order valence-electron chi connectivity index (χ1n) is 7.27. The van der Waals surface area contributed by atoms with Crippen molar-refractivity contribution in [3.63, 3.8) is 0 Å². The third kappa shape index (κ3) is 3.58. The van der Waals surface area contributed by atoms with Gasteiger partial charge >= 0.3 is 0 Å². The highest BCUT2D eigenvalue weighted by Crippen LogP contribution is 2.23. The van der Waals surface area contributed by atoms with E-state index >= 15 is 0 Å². The predicted octanol–water partition coefficient (Wildman–Crippen LogP) is 4.22. The number of nitrogens with zero attached hydrogens (tertiary/aromatic N) is 1. The molecule has 0 amide bonds. The second-order valence-corrected chi connectivity index (χ2v) is 6.91. The van der Waals surface area contributed by atoms with Crippen molar-refractivity contribution in [2.45, 2.75) is 52.5 Å². The van der Waals surface area contributed by atoms with Crippen molar-refractivity contribution in [2.75, 3.05) is 13.1 Å². The highest BCUT2D eigenvalue weighted by molar-refractivity contribution is 5.27. The van der Waals surface area contributed by atoms with Crippen LogP contribution in [0, 0.1) is 5.92 Å². The highest BCUT2D eigenvalue weighted by Gasteiger charge is 2.16. The van der Waals surface area contributed by atoms with Gasteiger partial charge in [0.15, 0.2) is 0 Å². The number of hydrogen-bond acceptors (Lipinski definition) is 1. The van der Waals surface area contributed by atoms with Gasteiger partial charge in [0.05, 0.1) is 0 Å². The minimum absolute atomic E-state index is 0.263. The second-order valence-electron chi connectivity index (χ2n) is 6.91. The molecular formula is C17H27N. The lowest BCUT2D eigenvalue weighted by Gasteiger charge is -2.30. The van der Waals surface area contributed by atoms with Crippen LogP contribution < -0.4 is 0 Å². The van der Waals surface area contributed by atoms with E-state index in [0.29, 0.717) is 0 Å². The number of rotatable bonds is 2. The molecule has 0 N–H and O–H groups in total. The van der Waals surface area contributed by atoms with Gasteiger partial charge in [0.1, 0.15) is 0 Å². The largest absolute Gasteiger partial charge is 0.299 e. The van der Waals surface area contributed by atoms with Gasteiger partial charge < -0.3 is 0 Å². The molecule has 1 heteroatoms. The van der Waals surface area contributed by atoms with Crippen LogP contribution in [0.15, 0.2) is 24.3 Å². The van der Waals surface area contributed by atoms with E-state index < -0.39 is 0 Å². The fourth-order valence-corrected chi connectivity index (χ4v) is 2.59. The summed E-state index contributed by atoms with van der Waals surface area (Å²) in [5.41, 5.74) is 3.15. The molecule has 1 aromatic carbocycles. The molecule has 0 saturated carbocycles. The molecular weight excluding hydrogens is 218 g/mol. The van der Waals surface area contributed by atoms with E-state index in [1.807, 2.05) is 0 Å². The van der Waals surface area contributed by atoms with E-state index in [4.69, 9.17) is 0 Å². The summed E-state index contributed by atoms with van der Waals surface area (Å²) in [6, 6.07) is 9.20. The molecule has 0 atom stereocenters. The summed E-state index contributed by atoms with van der Waals surface area (Å²) >= 11 is 0. The summed E-state index contributed by atoms with van der Waals surface area (Å²) in [7, 11) is 0. The van der Waals surface area contributed by atoms with Crippen molar-refractivity contribution >= 4 is 0 Å². The van der Waals surface area contributed by atoms with Gasteiger partial charge in [-0.3, -0.25) is 4.90 Å². The zero-order valence-electron chi connectivity index (χ0n) is 12.4. The van der Waals surface area contributed by atoms with Crippen LogP contribution in [-0.2, 0) is 12.0 Å². The number of benzene rings is 1. The van der Waals surface area contributed by atoms with Gasteiger partial charge in [0, 0.05) is 6.54 Å². The minimum Gasteiger partial charge on any atom is -0.299 e. The Labute approximate surface area is 112 Å². The molecule has 18 heavy (non-hydrogen) atoms. The maximum absolute atomic E-state index is 2.59. The predicted molar refractivity (Wildman–Crippen MR) is 78.8 cm³/mol. The zero-order chi connectivity index (χ0) is 13.2. The Morgan fingerprint density at radius 1 is 1.06 bits per heavy atom. The molecule has 0 radical (unpaired) electrons. The molecule has 0 unspecified atom stereocenters. The summed E-state index contributed by atoms with van der Waals surface area (Å²) in [6.07, 6.45) is 2.72. The van der Waals surface area contributed by atoms with Gasteiger partial charge in [0.2, 0.25) is 0 Å².